The molecule has 1 N–H and O–H groups in total. The highest BCUT2D eigenvalue weighted by Gasteiger charge is 2.32. The van der Waals surface area contributed by atoms with Crippen LogP contribution in [0.15, 0.2) is 97.1 Å². The number of carbonyl (C=O) groups is 1. The zero-order valence-corrected chi connectivity index (χ0v) is 19.1. The molecule has 1 aliphatic heterocycles. The molecule has 0 bridgehead atoms. The number of amides is 1. The van der Waals surface area contributed by atoms with Gasteiger partial charge in [0.05, 0.1) is 18.1 Å². The highest BCUT2D eigenvalue weighted by Crippen LogP contribution is 2.29. The van der Waals surface area contributed by atoms with E-state index in [1.54, 1.807) is 6.08 Å². The summed E-state index contributed by atoms with van der Waals surface area (Å²) in [5, 5.41) is 10.0. The van der Waals surface area contributed by atoms with Crippen LogP contribution in [0, 0.1) is 0 Å². The van der Waals surface area contributed by atoms with E-state index in [0.717, 1.165) is 29.7 Å². The second-order valence-electron chi connectivity index (χ2n) is 8.30. The average molecular weight is 431 g/mol. The molecule has 0 aromatic heterocycles. The molecule has 0 unspecified atom stereocenters. The molecule has 1 fully saturated rings. The van der Waals surface area contributed by atoms with Crippen LogP contribution in [0.5, 0.6) is 0 Å². The van der Waals surface area contributed by atoms with E-state index in [2.05, 4.69) is 17.6 Å². The third-order valence-corrected chi connectivity index (χ3v) is 6.15. The molecule has 4 nitrogen and oxygen atoms in total. The number of hydrogen-bond acceptors (Lipinski definition) is 3. The fourth-order valence-corrected chi connectivity index (χ4v) is 4.38. The van der Waals surface area contributed by atoms with E-state index in [9.17, 15) is 9.90 Å². The van der Waals surface area contributed by atoms with E-state index >= 15 is 0 Å². The third-order valence-electron chi connectivity index (χ3n) is 6.15. The lowest BCUT2D eigenvalue weighted by atomic mass is 9.89. The normalized spacial score (nSPS) is 18.2. The van der Waals surface area contributed by atoms with E-state index in [-0.39, 0.29) is 24.0 Å². The summed E-state index contributed by atoms with van der Waals surface area (Å²) in [6.07, 6.45) is 8.21. The van der Waals surface area contributed by atoms with Crippen molar-refractivity contribution >= 4 is 5.91 Å². The Morgan fingerprint density at radius 2 is 1.75 bits per heavy atom. The lowest BCUT2D eigenvalue weighted by Gasteiger charge is -2.35. The Kier molecular flexibility index (Phi) is 8.60. The van der Waals surface area contributed by atoms with Crippen molar-refractivity contribution in [2.24, 2.45) is 0 Å². The highest BCUT2D eigenvalue weighted by molar-refractivity contribution is 5.87. The van der Waals surface area contributed by atoms with Gasteiger partial charge in [-0.1, -0.05) is 91.5 Å². The molecule has 0 radical (unpaired) electrons. The quantitative estimate of drug-likeness (QED) is 0.600. The van der Waals surface area contributed by atoms with Crippen LogP contribution in [0.3, 0.4) is 0 Å². The van der Waals surface area contributed by atoms with Crippen molar-refractivity contribution in [3.8, 4) is 0 Å². The van der Waals surface area contributed by atoms with E-state index in [4.69, 9.17) is 0 Å². The molecule has 0 spiro atoms. The van der Waals surface area contributed by atoms with Gasteiger partial charge in [-0.3, -0.25) is 9.69 Å². The van der Waals surface area contributed by atoms with Crippen LogP contribution in [0.2, 0.25) is 0 Å². The number of likely N-dealkylation sites (tertiary alicyclic amines) is 1. The number of hydrogen-bond donors (Lipinski definition) is 1. The lowest BCUT2D eigenvalue weighted by Crippen LogP contribution is -2.47. The zero-order chi connectivity index (χ0) is 22.9. The Morgan fingerprint density at radius 1 is 1.16 bits per heavy atom. The van der Waals surface area contributed by atoms with Crippen molar-refractivity contribution in [3.63, 3.8) is 0 Å². The number of rotatable bonds is 9. The van der Waals surface area contributed by atoms with Gasteiger partial charge >= 0.3 is 0 Å². The van der Waals surface area contributed by atoms with Gasteiger partial charge in [0, 0.05) is 26.7 Å². The predicted molar refractivity (Wildman–Crippen MR) is 131 cm³/mol. The maximum absolute atomic E-state index is 14.0. The zero-order valence-electron chi connectivity index (χ0n) is 19.1. The molecule has 32 heavy (non-hydrogen) atoms. The summed E-state index contributed by atoms with van der Waals surface area (Å²) in [6, 6.07) is 19.8. The van der Waals surface area contributed by atoms with Gasteiger partial charge in [-0.25, -0.2) is 0 Å². The van der Waals surface area contributed by atoms with Crippen LogP contribution in [0.4, 0.5) is 0 Å². The number of β-amino-alcohol motifs (C(OH)–C–C–N with tert-alkyl or cyclic N) is 1. The highest BCUT2D eigenvalue weighted by atomic mass is 16.3. The summed E-state index contributed by atoms with van der Waals surface area (Å²) >= 11 is 0. The summed E-state index contributed by atoms with van der Waals surface area (Å²) in [5.74, 6) is -0.325. The summed E-state index contributed by atoms with van der Waals surface area (Å²) in [6.45, 7) is 7.94. The molecule has 0 saturated carbocycles. The number of benzene rings is 2. The minimum Gasteiger partial charge on any atom is -0.392 e. The lowest BCUT2D eigenvalue weighted by molar-refractivity contribution is -0.132. The van der Waals surface area contributed by atoms with Gasteiger partial charge in [0.1, 0.15) is 0 Å². The topological polar surface area (TPSA) is 43.8 Å². The van der Waals surface area contributed by atoms with Gasteiger partial charge in [0.2, 0.25) is 5.91 Å². The van der Waals surface area contributed by atoms with Gasteiger partial charge in [-0.15, -0.1) is 0 Å². The van der Waals surface area contributed by atoms with Crippen LogP contribution in [-0.4, -0.2) is 59.6 Å². The number of allylic oxidation sites excluding steroid dienone is 3. The standard InChI is InChI=1S/C28H34N2O2/c1-4-6-13-22(5-2)26(21-30-19-18-25(31)20-30)29(3)28(32)27(23-14-9-7-10-15-23)24-16-11-8-12-17-24/h4-17,25-27,31H,1,18-21H2,2-3H3/b13-6-,22-5+/t25-,26+/m0/s1. The van der Waals surface area contributed by atoms with Crippen LogP contribution >= 0.6 is 0 Å². The number of nitrogens with zero attached hydrogens (tertiary/aromatic N) is 2. The van der Waals surface area contributed by atoms with Gasteiger partial charge in [-0.2, -0.15) is 0 Å². The first-order valence-electron chi connectivity index (χ1n) is 11.3. The van der Waals surface area contributed by atoms with Crippen molar-refractivity contribution in [2.75, 3.05) is 26.7 Å². The van der Waals surface area contributed by atoms with Crippen LogP contribution in [0.1, 0.15) is 30.4 Å². The molecule has 2 aromatic carbocycles. The fourth-order valence-electron chi connectivity index (χ4n) is 4.38. The van der Waals surface area contributed by atoms with E-state index in [1.807, 2.05) is 91.7 Å². The van der Waals surface area contributed by atoms with E-state index < -0.39 is 0 Å². The average Bonchev–Trinajstić information content (AvgIpc) is 3.24. The molecular formula is C28H34N2O2. The molecule has 1 saturated heterocycles. The number of aliphatic hydroxyl groups excluding tert-OH is 1. The second-order valence-corrected chi connectivity index (χ2v) is 8.30. The van der Waals surface area contributed by atoms with Crippen molar-refractivity contribution < 1.29 is 9.90 Å². The van der Waals surface area contributed by atoms with Gasteiger partial charge < -0.3 is 10.0 Å². The van der Waals surface area contributed by atoms with E-state index in [1.165, 1.54) is 0 Å². The number of aliphatic hydroxyl groups is 1. The summed E-state index contributed by atoms with van der Waals surface area (Å²) in [7, 11) is 1.89. The maximum Gasteiger partial charge on any atom is 0.234 e. The van der Waals surface area contributed by atoms with Crippen molar-refractivity contribution in [1.29, 1.82) is 0 Å². The third kappa shape index (κ3) is 5.84. The minimum atomic E-state index is -0.379. The molecule has 2 aromatic rings. The molecule has 2 atom stereocenters. The Labute approximate surface area is 192 Å². The maximum atomic E-state index is 14.0. The smallest absolute Gasteiger partial charge is 0.234 e. The van der Waals surface area contributed by atoms with Crippen molar-refractivity contribution in [2.45, 2.75) is 31.4 Å². The first-order chi connectivity index (χ1) is 15.5. The molecule has 1 aliphatic rings. The van der Waals surface area contributed by atoms with Crippen molar-refractivity contribution in [3.05, 3.63) is 108 Å². The Morgan fingerprint density at radius 3 is 2.22 bits per heavy atom. The monoisotopic (exact) mass is 430 g/mol. The number of carbonyl (C=O) groups excluding carboxylic acids is 1. The Balaban J connectivity index is 1.96. The molecule has 168 valence electrons. The predicted octanol–water partition coefficient (Wildman–Crippen LogP) is 4.40. The van der Waals surface area contributed by atoms with Crippen LogP contribution in [0.25, 0.3) is 0 Å². The first-order valence-corrected chi connectivity index (χ1v) is 11.3. The Bertz CT molecular complexity index is 897. The molecule has 0 aliphatic carbocycles. The first kappa shape index (κ1) is 23.7. The second kappa shape index (κ2) is 11.6. The molecule has 4 heteroatoms. The Hall–Kier alpha value is -2.95. The summed E-state index contributed by atoms with van der Waals surface area (Å²) in [4.78, 5) is 18.1. The molecule has 1 amide bonds. The van der Waals surface area contributed by atoms with E-state index in [0.29, 0.717) is 13.1 Å². The molecule has 1 heterocycles. The summed E-state index contributed by atoms with van der Waals surface area (Å²) in [5.41, 5.74) is 3.02. The number of likely N-dealkylation sites (N-methyl/N-ethyl adjacent to an activating group) is 1. The van der Waals surface area contributed by atoms with Crippen LogP contribution in [-0.2, 0) is 4.79 Å². The fraction of sp³-hybridized carbons (Fsp3) is 0.321. The van der Waals surface area contributed by atoms with Crippen LogP contribution < -0.4 is 0 Å². The minimum absolute atomic E-state index is 0.0542. The SMILES string of the molecule is C=C/C=C\C(=C/C)[C@@H](CN1CC[C@H](O)C1)N(C)C(=O)C(c1ccccc1)c1ccccc1. The van der Waals surface area contributed by atoms with Gasteiger partial charge in [-0.05, 0) is 30.0 Å². The largest absolute Gasteiger partial charge is 0.392 e. The van der Waals surface area contributed by atoms with Gasteiger partial charge in [0.25, 0.3) is 0 Å². The van der Waals surface area contributed by atoms with Crippen molar-refractivity contribution in [1.82, 2.24) is 9.80 Å². The molecular weight excluding hydrogens is 396 g/mol. The molecule has 3 rings (SSSR count). The summed E-state index contributed by atoms with van der Waals surface area (Å²) < 4.78 is 0. The van der Waals surface area contributed by atoms with Gasteiger partial charge in [0.15, 0.2) is 0 Å².